The summed E-state index contributed by atoms with van der Waals surface area (Å²) in [6.07, 6.45) is 14.1. The van der Waals surface area contributed by atoms with Crippen molar-refractivity contribution in [3.63, 3.8) is 0 Å². The third-order valence-electron chi connectivity index (χ3n) is 4.19. The lowest BCUT2D eigenvalue weighted by Crippen LogP contribution is -2.49. The lowest BCUT2D eigenvalue weighted by atomic mass is 9.86. The van der Waals surface area contributed by atoms with Gasteiger partial charge in [-0.1, -0.05) is 38.5 Å². The van der Waals surface area contributed by atoms with E-state index in [0.717, 1.165) is 12.0 Å². The van der Waals surface area contributed by atoms with Gasteiger partial charge in [-0.05, 0) is 31.6 Å². The van der Waals surface area contributed by atoms with Crippen molar-refractivity contribution in [2.24, 2.45) is 11.7 Å². The van der Waals surface area contributed by atoms with Gasteiger partial charge >= 0.3 is 0 Å². The van der Waals surface area contributed by atoms with Crippen molar-refractivity contribution in [1.29, 1.82) is 0 Å². The number of nitrogens with one attached hydrogen (secondary N) is 1. The van der Waals surface area contributed by atoms with Crippen LogP contribution >= 0.6 is 0 Å². The molecule has 0 radical (unpaired) electrons. The van der Waals surface area contributed by atoms with Crippen molar-refractivity contribution >= 4 is 0 Å². The van der Waals surface area contributed by atoms with Crippen LogP contribution in [-0.2, 0) is 0 Å². The molecule has 2 nitrogen and oxygen atoms in total. The Morgan fingerprint density at radius 1 is 0.800 bits per heavy atom. The third kappa shape index (κ3) is 3.46. The van der Waals surface area contributed by atoms with Crippen LogP contribution in [0.4, 0.5) is 0 Å². The number of rotatable bonds is 3. The van der Waals surface area contributed by atoms with E-state index in [-0.39, 0.29) is 6.17 Å². The van der Waals surface area contributed by atoms with Gasteiger partial charge in [0.1, 0.15) is 0 Å². The molecule has 2 fully saturated rings. The second-order valence-electron chi connectivity index (χ2n) is 5.43. The first-order chi connectivity index (χ1) is 7.36. The molecule has 0 amide bonds. The zero-order valence-electron chi connectivity index (χ0n) is 9.88. The third-order valence-corrected chi connectivity index (χ3v) is 4.19. The summed E-state index contributed by atoms with van der Waals surface area (Å²) in [6.45, 7) is 0. The van der Waals surface area contributed by atoms with E-state index >= 15 is 0 Å². The molecule has 0 aromatic heterocycles. The molecular weight excluding hydrogens is 184 g/mol. The van der Waals surface area contributed by atoms with Crippen molar-refractivity contribution < 1.29 is 0 Å². The summed E-state index contributed by atoms with van der Waals surface area (Å²) in [7, 11) is 0. The molecule has 2 rings (SSSR count). The summed E-state index contributed by atoms with van der Waals surface area (Å²) in [4.78, 5) is 0. The molecule has 2 aliphatic rings. The van der Waals surface area contributed by atoms with Gasteiger partial charge in [0.15, 0.2) is 0 Å². The number of hydrogen-bond donors (Lipinski definition) is 2. The van der Waals surface area contributed by atoms with Gasteiger partial charge in [0, 0.05) is 6.04 Å². The van der Waals surface area contributed by atoms with Crippen LogP contribution in [0.3, 0.4) is 0 Å². The Hall–Kier alpha value is -0.0800. The molecule has 0 aromatic carbocycles. The molecule has 88 valence electrons. The molecule has 0 spiro atoms. The summed E-state index contributed by atoms with van der Waals surface area (Å²) in [6, 6.07) is 0.718. The number of nitrogens with two attached hydrogens (primary N) is 1. The molecule has 0 aliphatic heterocycles. The zero-order valence-corrected chi connectivity index (χ0v) is 9.88. The van der Waals surface area contributed by atoms with Crippen LogP contribution in [0.1, 0.15) is 64.2 Å². The summed E-state index contributed by atoms with van der Waals surface area (Å²) >= 11 is 0. The highest BCUT2D eigenvalue weighted by atomic mass is 15.1. The maximum absolute atomic E-state index is 6.27. The molecule has 15 heavy (non-hydrogen) atoms. The maximum Gasteiger partial charge on any atom is 0.0577 e. The highest BCUT2D eigenvalue weighted by molar-refractivity contribution is 4.80. The van der Waals surface area contributed by atoms with E-state index in [9.17, 15) is 0 Å². The first kappa shape index (κ1) is 11.4. The van der Waals surface area contributed by atoms with E-state index in [1.54, 1.807) is 0 Å². The predicted octanol–water partition coefficient (Wildman–Crippen LogP) is 2.77. The van der Waals surface area contributed by atoms with Gasteiger partial charge < -0.3 is 5.73 Å². The van der Waals surface area contributed by atoms with Crippen LogP contribution in [0.15, 0.2) is 0 Å². The Balaban J connectivity index is 1.72. The quantitative estimate of drug-likeness (QED) is 0.703. The minimum atomic E-state index is 0.272. The maximum atomic E-state index is 6.27. The second-order valence-corrected chi connectivity index (χ2v) is 5.43. The van der Waals surface area contributed by atoms with E-state index in [0.29, 0.717) is 0 Å². The molecule has 0 heterocycles. The second kappa shape index (κ2) is 5.86. The molecular formula is C13H26N2. The minimum absolute atomic E-state index is 0.272. The van der Waals surface area contributed by atoms with Crippen LogP contribution in [0.25, 0.3) is 0 Å². The normalized spacial score (nSPS) is 27.8. The Kier molecular flexibility index (Phi) is 4.45. The van der Waals surface area contributed by atoms with E-state index in [1.807, 2.05) is 0 Å². The molecule has 1 atom stereocenters. The Morgan fingerprint density at radius 3 is 1.93 bits per heavy atom. The van der Waals surface area contributed by atoms with Gasteiger partial charge in [-0.15, -0.1) is 0 Å². The average Bonchev–Trinajstić information content (AvgIpc) is 2.31. The van der Waals surface area contributed by atoms with Gasteiger partial charge in [0.25, 0.3) is 0 Å². The standard InChI is InChI=1S/C13H26N2/c14-13(11-7-3-1-4-8-11)15-12-9-5-2-6-10-12/h11-13,15H,1-10,14H2. The lowest BCUT2D eigenvalue weighted by Gasteiger charge is -2.33. The molecule has 1 unspecified atom stereocenters. The fourth-order valence-electron chi connectivity index (χ4n) is 3.17. The molecule has 2 heteroatoms. The minimum Gasteiger partial charge on any atom is -0.316 e. The molecule has 2 saturated carbocycles. The molecule has 3 N–H and O–H groups in total. The molecule has 0 bridgehead atoms. The van der Waals surface area contributed by atoms with Crippen molar-refractivity contribution in [2.75, 3.05) is 0 Å². The van der Waals surface area contributed by atoms with Gasteiger partial charge in [-0.3, -0.25) is 5.32 Å². The van der Waals surface area contributed by atoms with Crippen LogP contribution in [0.2, 0.25) is 0 Å². The lowest BCUT2D eigenvalue weighted by molar-refractivity contribution is 0.235. The van der Waals surface area contributed by atoms with Crippen LogP contribution in [0.5, 0.6) is 0 Å². The van der Waals surface area contributed by atoms with Crippen molar-refractivity contribution in [3.05, 3.63) is 0 Å². The Bertz CT molecular complexity index is 169. The van der Waals surface area contributed by atoms with Gasteiger partial charge in [0.05, 0.1) is 6.17 Å². The topological polar surface area (TPSA) is 38.0 Å². The monoisotopic (exact) mass is 210 g/mol. The van der Waals surface area contributed by atoms with E-state index in [4.69, 9.17) is 5.73 Å². The van der Waals surface area contributed by atoms with Gasteiger partial charge in [-0.2, -0.15) is 0 Å². The first-order valence-corrected chi connectivity index (χ1v) is 6.88. The van der Waals surface area contributed by atoms with Gasteiger partial charge in [-0.25, -0.2) is 0 Å². The van der Waals surface area contributed by atoms with Crippen LogP contribution < -0.4 is 11.1 Å². The number of hydrogen-bond acceptors (Lipinski definition) is 2. The van der Waals surface area contributed by atoms with Gasteiger partial charge in [0.2, 0.25) is 0 Å². The summed E-state index contributed by atoms with van der Waals surface area (Å²) in [5.74, 6) is 0.751. The fourth-order valence-corrected chi connectivity index (χ4v) is 3.17. The highest BCUT2D eigenvalue weighted by Crippen LogP contribution is 2.26. The van der Waals surface area contributed by atoms with Crippen LogP contribution in [-0.4, -0.2) is 12.2 Å². The summed E-state index contributed by atoms with van der Waals surface area (Å²) in [5.41, 5.74) is 6.27. The largest absolute Gasteiger partial charge is 0.316 e. The molecule has 0 aromatic rings. The average molecular weight is 210 g/mol. The van der Waals surface area contributed by atoms with Crippen molar-refractivity contribution in [2.45, 2.75) is 76.4 Å². The summed E-state index contributed by atoms with van der Waals surface area (Å²) < 4.78 is 0. The smallest absolute Gasteiger partial charge is 0.0577 e. The summed E-state index contributed by atoms with van der Waals surface area (Å²) in [5, 5.41) is 3.67. The highest BCUT2D eigenvalue weighted by Gasteiger charge is 2.23. The van der Waals surface area contributed by atoms with Crippen LogP contribution in [0, 0.1) is 5.92 Å². The van der Waals surface area contributed by atoms with E-state index in [2.05, 4.69) is 5.32 Å². The van der Waals surface area contributed by atoms with Crippen molar-refractivity contribution in [1.82, 2.24) is 5.32 Å². The SMILES string of the molecule is NC(NC1CCCCC1)C1CCCCC1. The Labute approximate surface area is 94.0 Å². The molecule has 0 saturated heterocycles. The first-order valence-electron chi connectivity index (χ1n) is 6.88. The van der Waals surface area contributed by atoms with E-state index < -0.39 is 0 Å². The van der Waals surface area contributed by atoms with E-state index in [1.165, 1.54) is 64.2 Å². The Morgan fingerprint density at radius 2 is 1.33 bits per heavy atom. The predicted molar refractivity (Wildman–Crippen MR) is 64.6 cm³/mol. The molecule has 2 aliphatic carbocycles. The van der Waals surface area contributed by atoms with Crippen molar-refractivity contribution in [3.8, 4) is 0 Å². The zero-order chi connectivity index (χ0) is 10.5. The fraction of sp³-hybridized carbons (Fsp3) is 1.00.